The number of thioether (sulfide) groups is 1. The van der Waals surface area contributed by atoms with Gasteiger partial charge in [-0.25, -0.2) is 9.59 Å². The number of benzene rings is 2. The number of hydrogen-bond acceptors (Lipinski definition) is 12. The first kappa shape index (κ1) is 36.0. The molecule has 13 nitrogen and oxygen atoms in total. The highest BCUT2D eigenvalue weighted by atomic mass is 32.2. The molecule has 0 radical (unpaired) electrons. The number of amides is 2. The third-order valence-corrected chi connectivity index (χ3v) is 9.12. The van der Waals surface area contributed by atoms with Crippen LogP contribution in [0.3, 0.4) is 0 Å². The Bertz CT molecular complexity index is 1810. The van der Waals surface area contributed by atoms with E-state index in [-0.39, 0.29) is 46.9 Å². The minimum Gasteiger partial charge on any atom is -0.497 e. The lowest BCUT2D eigenvalue weighted by Crippen LogP contribution is -2.25. The van der Waals surface area contributed by atoms with E-state index in [0.717, 1.165) is 39.9 Å². The standard InChI is InChI=1S/C33H37N5O8S2/c1-8-45-31(41)27-20(5)28(32(42)46-9-2)48-30(27)35-26(39)17-47-33-37-36-25(38(33)24-12-18(3)10-11-19(24)4)16-34-29(40)21-13-22(43-6)15-23(14-21)44-7/h10-15H,8-9,16-17H2,1-7H3,(H,34,40)(H,35,39). The zero-order valence-electron chi connectivity index (χ0n) is 27.7. The van der Waals surface area contributed by atoms with Gasteiger partial charge in [0.05, 0.1) is 51.0 Å². The summed E-state index contributed by atoms with van der Waals surface area (Å²) in [6.45, 7) is 9.17. The number of anilines is 1. The number of carbonyl (C=O) groups excluding carboxylic acids is 4. The van der Waals surface area contributed by atoms with Crippen molar-refractivity contribution >= 4 is 51.9 Å². The summed E-state index contributed by atoms with van der Waals surface area (Å²) in [7, 11) is 3.01. The van der Waals surface area contributed by atoms with E-state index in [4.69, 9.17) is 18.9 Å². The summed E-state index contributed by atoms with van der Waals surface area (Å²) in [6.07, 6.45) is 0. The van der Waals surface area contributed by atoms with Gasteiger partial charge in [-0.15, -0.1) is 21.5 Å². The van der Waals surface area contributed by atoms with Gasteiger partial charge >= 0.3 is 11.9 Å². The maximum Gasteiger partial charge on any atom is 0.348 e. The van der Waals surface area contributed by atoms with Crippen LogP contribution in [0.25, 0.3) is 5.69 Å². The lowest BCUT2D eigenvalue weighted by Gasteiger charge is -2.14. The van der Waals surface area contributed by atoms with Gasteiger partial charge in [0.15, 0.2) is 11.0 Å². The molecule has 0 spiro atoms. The van der Waals surface area contributed by atoms with Crippen LogP contribution in [-0.4, -0.2) is 71.7 Å². The van der Waals surface area contributed by atoms with Gasteiger partial charge in [0.2, 0.25) is 5.91 Å². The Kier molecular flexibility index (Phi) is 12.2. The molecule has 0 saturated heterocycles. The highest BCUT2D eigenvalue weighted by molar-refractivity contribution is 7.99. The molecule has 0 bridgehead atoms. The van der Waals surface area contributed by atoms with Gasteiger partial charge in [-0.3, -0.25) is 14.2 Å². The molecule has 254 valence electrons. The van der Waals surface area contributed by atoms with Crippen LogP contribution >= 0.6 is 23.1 Å². The number of aromatic nitrogens is 3. The van der Waals surface area contributed by atoms with E-state index in [1.807, 2.05) is 32.0 Å². The second-order valence-electron chi connectivity index (χ2n) is 10.3. The summed E-state index contributed by atoms with van der Waals surface area (Å²) in [6, 6.07) is 10.8. The number of nitrogens with zero attached hydrogens (tertiary/aromatic N) is 3. The van der Waals surface area contributed by atoms with Crippen LogP contribution in [0.5, 0.6) is 11.5 Å². The summed E-state index contributed by atoms with van der Waals surface area (Å²) < 4.78 is 22.7. The maximum atomic E-state index is 13.3. The van der Waals surface area contributed by atoms with Crippen LogP contribution in [0.2, 0.25) is 0 Å². The Morgan fingerprint density at radius 3 is 2.21 bits per heavy atom. The summed E-state index contributed by atoms with van der Waals surface area (Å²) in [5.41, 5.74) is 3.52. The molecule has 0 saturated carbocycles. The first-order valence-electron chi connectivity index (χ1n) is 14.9. The first-order valence-corrected chi connectivity index (χ1v) is 16.7. The third kappa shape index (κ3) is 8.33. The van der Waals surface area contributed by atoms with E-state index in [2.05, 4.69) is 20.8 Å². The zero-order valence-corrected chi connectivity index (χ0v) is 29.3. The average Bonchev–Trinajstić information content (AvgIpc) is 3.63. The highest BCUT2D eigenvalue weighted by Gasteiger charge is 2.28. The van der Waals surface area contributed by atoms with Crippen LogP contribution in [0.4, 0.5) is 5.00 Å². The highest BCUT2D eigenvalue weighted by Crippen LogP contribution is 2.35. The van der Waals surface area contributed by atoms with Crippen molar-refractivity contribution in [1.82, 2.24) is 20.1 Å². The minimum atomic E-state index is -0.654. The van der Waals surface area contributed by atoms with E-state index in [1.54, 1.807) is 43.5 Å². The SMILES string of the molecule is CCOC(=O)c1sc(NC(=O)CSc2nnc(CNC(=O)c3cc(OC)cc(OC)c3)n2-c2cc(C)ccc2C)c(C(=O)OCC)c1C. The molecular formula is C33H37N5O8S2. The average molecular weight is 696 g/mol. The monoisotopic (exact) mass is 695 g/mol. The molecule has 2 aromatic carbocycles. The van der Waals surface area contributed by atoms with Crippen molar-refractivity contribution in [3.8, 4) is 17.2 Å². The van der Waals surface area contributed by atoms with E-state index in [1.165, 1.54) is 14.2 Å². The number of carbonyl (C=O) groups is 4. The van der Waals surface area contributed by atoms with E-state index >= 15 is 0 Å². The fourth-order valence-corrected chi connectivity index (χ4v) is 6.51. The van der Waals surface area contributed by atoms with E-state index in [9.17, 15) is 19.2 Å². The lowest BCUT2D eigenvalue weighted by atomic mass is 10.1. The second-order valence-corrected chi connectivity index (χ2v) is 12.3. The molecule has 15 heteroatoms. The molecule has 2 amide bonds. The second kappa shape index (κ2) is 16.3. The number of methoxy groups -OCH3 is 2. The number of esters is 2. The normalized spacial score (nSPS) is 10.7. The summed E-state index contributed by atoms with van der Waals surface area (Å²) >= 11 is 2.08. The summed E-state index contributed by atoms with van der Waals surface area (Å²) in [4.78, 5) is 51.9. The molecule has 2 heterocycles. The largest absolute Gasteiger partial charge is 0.497 e. The van der Waals surface area contributed by atoms with E-state index < -0.39 is 17.8 Å². The van der Waals surface area contributed by atoms with Gasteiger partial charge in [-0.05, 0) is 69.5 Å². The molecule has 0 aliphatic heterocycles. The Morgan fingerprint density at radius 1 is 0.896 bits per heavy atom. The number of thiophene rings is 1. The predicted molar refractivity (Wildman–Crippen MR) is 182 cm³/mol. The number of aryl methyl sites for hydroxylation is 2. The Hall–Kier alpha value is -4.89. The molecule has 0 fully saturated rings. The maximum absolute atomic E-state index is 13.3. The first-order chi connectivity index (χ1) is 23.0. The Balaban J connectivity index is 1.58. The van der Waals surface area contributed by atoms with Gasteiger partial charge in [0, 0.05) is 11.6 Å². The fraction of sp³-hybridized carbons (Fsp3) is 0.333. The van der Waals surface area contributed by atoms with Gasteiger partial charge in [0.25, 0.3) is 5.91 Å². The van der Waals surface area contributed by atoms with Crippen LogP contribution in [0.1, 0.15) is 66.7 Å². The topological polar surface area (TPSA) is 160 Å². The van der Waals surface area contributed by atoms with Crippen molar-refractivity contribution in [3.05, 3.63) is 74.9 Å². The van der Waals surface area contributed by atoms with Gasteiger partial charge in [0.1, 0.15) is 21.4 Å². The quantitative estimate of drug-likeness (QED) is 0.130. The number of nitrogens with one attached hydrogen (secondary N) is 2. The Labute approximate surface area is 286 Å². The number of hydrogen-bond donors (Lipinski definition) is 2. The fourth-order valence-electron chi connectivity index (χ4n) is 4.65. The van der Waals surface area contributed by atoms with Gasteiger partial charge in [-0.2, -0.15) is 0 Å². The van der Waals surface area contributed by atoms with Crippen molar-refractivity contribution in [2.24, 2.45) is 0 Å². The molecular weight excluding hydrogens is 659 g/mol. The van der Waals surface area contributed by atoms with Gasteiger partial charge < -0.3 is 29.6 Å². The van der Waals surface area contributed by atoms with Crippen molar-refractivity contribution in [2.75, 3.05) is 38.5 Å². The summed E-state index contributed by atoms with van der Waals surface area (Å²) in [5, 5.41) is 14.9. The summed E-state index contributed by atoms with van der Waals surface area (Å²) in [5.74, 6) is -0.786. The van der Waals surface area contributed by atoms with Crippen LogP contribution in [0, 0.1) is 20.8 Å². The van der Waals surface area contributed by atoms with Crippen molar-refractivity contribution in [3.63, 3.8) is 0 Å². The van der Waals surface area contributed by atoms with Crippen molar-refractivity contribution < 1.29 is 38.1 Å². The third-order valence-electron chi connectivity index (χ3n) is 7.00. The molecule has 0 aliphatic rings. The smallest absolute Gasteiger partial charge is 0.348 e. The minimum absolute atomic E-state index is 0.0273. The molecule has 2 aromatic heterocycles. The lowest BCUT2D eigenvalue weighted by molar-refractivity contribution is -0.113. The molecule has 48 heavy (non-hydrogen) atoms. The molecule has 2 N–H and O–H groups in total. The van der Waals surface area contributed by atoms with Crippen LogP contribution < -0.4 is 20.1 Å². The zero-order chi connectivity index (χ0) is 35.0. The van der Waals surface area contributed by atoms with Crippen molar-refractivity contribution in [1.29, 1.82) is 0 Å². The molecule has 4 rings (SSSR count). The molecule has 0 atom stereocenters. The van der Waals surface area contributed by atoms with Crippen molar-refractivity contribution in [2.45, 2.75) is 46.3 Å². The Morgan fingerprint density at radius 2 is 1.56 bits per heavy atom. The predicted octanol–water partition coefficient (Wildman–Crippen LogP) is 5.29. The van der Waals surface area contributed by atoms with Gasteiger partial charge in [-0.1, -0.05) is 23.9 Å². The number of ether oxygens (including phenoxy) is 4. The van der Waals surface area contributed by atoms with Crippen LogP contribution in [-0.2, 0) is 20.8 Å². The van der Waals surface area contributed by atoms with Crippen LogP contribution in [0.15, 0.2) is 41.6 Å². The van der Waals surface area contributed by atoms with E-state index in [0.29, 0.717) is 33.6 Å². The molecule has 0 aliphatic carbocycles. The number of rotatable bonds is 14. The molecule has 4 aromatic rings. The molecule has 0 unspecified atom stereocenters.